The van der Waals surface area contributed by atoms with Crippen LogP contribution >= 0.6 is 11.3 Å². The molecule has 1 saturated carbocycles. The molecule has 1 aromatic heterocycles. The van der Waals surface area contributed by atoms with Gasteiger partial charge in [-0.25, -0.2) is 9.78 Å². The number of rotatable bonds is 4. The first-order valence-corrected chi connectivity index (χ1v) is 11.7. The smallest absolute Gasteiger partial charge is 0.324 e. The van der Waals surface area contributed by atoms with Gasteiger partial charge in [-0.15, -0.1) is 11.3 Å². The van der Waals surface area contributed by atoms with Crippen LogP contribution in [-0.2, 0) is 9.59 Å². The fraction of sp³-hybridized carbons (Fsp3) is 0.333. The summed E-state index contributed by atoms with van der Waals surface area (Å²) in [7, 11) is 0. The number of para-hydroxylation sites is 2. The first-order chi connectivity index (χ1) is 15.5. The van der Waals surface area contributed by atoms with Gasteiger partial charge in [0.2, 0.25) is 5.91 Å². The van der Waals surface area contributed by atoms with Crippen LogP contribution in [0.1, 0.15) is 32.6 Å². The van der Waals surface area contributed by atoms with E-state index in [9.17, 15) is 14.4 Å². The Morgan fingerprint density at radius 2 is 1.97 bits per heavy atom. The zero-order chi connectivity index (χ0) is 22.3. The number of carbonyl (C=O) groups excluding carboxylic acids is 3. The van der Waals surface area contributed by atoms with Crippen molar-refractivity contribution >= 4 is 45.1 Å². The molecular formula is C24H24N4O3S. The molecule has 3 aromatic rings. The number of amides is 4. The minimum Gasteiger partial charge on any atom is -0.324 e. The molecule has 0 radical (unpaired) electrons. The van der Waals surface area contributed by atoms with E-state index in [1.165, 1.54) is 0 Å². The molecule has 1 spiro atoms. The molecule has 2 fully saturated rings. The van der Waals surface area contributed by atoms with Crippen molar-refractivity contribution in [3.05, 3.63) is 48.5 Å². The van der Waals surface area contributed by atoms with Gasteiger partial charge < -0.3 is 10.6 Å². The second kappa shape index (κ2) is 8.02. The van der Waals surface area contributed by atoms with Crippen LogP contribution in [0.3, 0.4) is 0 Å². The second-order valence-corrected chi connectivity index (χ2v) is 9.55. The van der Waals surface area contributed by atoms with Gasteiger partial charge in [-0.1, -0.05) is 44.0 Å². The van der Waals surface area contributed by atoms with Gasteiger partial charge in [0.1, 0.15) is 17.1 Å². The van der Waals surface area contributed by atoms with Crippen LogP contribution < -0.4 is 10.6 Å². The number of nitrogens with one attached hydrogen (secondary N) is 2. The van der Waals surface area contributed by atoms with Crippen LogP contribution in [-0.4, -0.2) is 39.8 Å². The third-order valence-corrected chi connectivity index (χ3v) is 7.60. The average Bonchev–Trinajstić information content (AvgIpc) is 3.31. The summed E-state index contributed by atoms with van der Waals surface area (Å²) in [5.41, 5.74) is 1.44. The van der Waals surface area contributed by atoms with Gasteiger partial charge in [-0.05, 0) is 43.0 Å². The van der Waals surface area contributed by atoms with Gasteiger partial charge in [0.25, 0.3) is 5.91 Å². The molecule has 2 N–H and O–H groups in total. The van der Waals surface area contributed by atoms with Crippen LogP contribution in [0.4, 0.5) is 10.5 Å². The predicted molar refractivity (Wildman–Crippen MR) is 124 cm³/mol. The molecule has 2 aliphatic rings. The molecule has 5 rings (SSSR count). The third kappa shape index (κ3) is 3.44. The summed E-state index contributed by atoms with van der Waals surface area (Å²) < 4.78 is 1.06. The van der Waals surface area contributed by atoms with E-state index in [2.05, 4.69) is 15.6 Å². The van der Waals surface area contributed by atoms with Crippen LogP contribution in [0.2, 0.25) is 0 Å². The maximum atomic E-state index is 13.1. The molecular weight excluding hydrogens is 424 g/mol. The quantitative estimate of drug-likeness (QED) is 0.579. The molecule has 2 aromatic carbocycles. The maximum absolute atomic E-state index is 13.1. The lowest BCUT2D eigenvalue weighted by atomic mass is 9.73. The Balaban J connectivity index is 1.35. The standard InChI is InChI=1S/C24H24N4O3S/c1-15-8-6-7-13-24(15)22(30)28(23(31)27-24)14-20(29)25-17-10-3-2-9-16(17)21-26-18-11-4-5-12-19(18)32-21/h2-5,9-12,15H,6-8,13-14H2,1H3,(H,25,29)(H,27,31). The Kier molecular flexibility index (Phi) is 5.17. The summed E-state index contributed by atoms with van der Waals surface area (Å²) in [5, 5.41) is 6.57. The van der Waals surface area contributed by atoms with E-state index in [-0.39, 0.29) is 18.4 Å². The van der Waals surface area contributed by atoms with Crippen LogP contribution in [0, 0.1) is 5.92 Å². The fourth-order valence-corrected chi connectivity index (χ4v) is 5.74. The van der Waals surface area contributed by atoms with Crippen molar-refractivity contribution < 1.29 is 14.4 Å². The van der Waals surface area contributed by atoms with E-state index < -0.39 is 17.5 Å². The second-order valence-electron chi connectivity index (χ2n) is 8.52. The van der Waals surface area contributed by atoms with Gasteiger partial charge in [0.15, 0.2) is 0 Å². The summed E-state index contributed by atoms with van der Waals surface area (Å²) in [4.78, 5) is 44.3. The molecule has 0 bridgehead atoms. The number of nitrogens with zero attached hydrogens (tertiary/aromatic N) is 2. The first kappa shape index (κ1) is 20.6. The molecule has 1 aliphatic carbocycles. The van der Waals surface area contributed by atoms with E-state index in [1.807, 2.05) is 49.4 Å². The van der Waals surface area contributed by atoms with Crippen LogP contribution in [0.5, 0.6) is 0 Å². The van der Waals surface area contributed by atoms with Crippen molar-refractivity contribution in [2.75, 3.05) is 11.9 Å². The Bertz CT molecular complexity index is 1190. The summed E-state index contributed by atoms with van der Waals surface area (Å²) in [5.74, 6) is -0.646. The number of hydrogen-bond donors (Lipinski definition) is 2. The molecule has 32 heavy (non-hydrogen) atoms. The Hall–Kier alpha value is -3.26. The average molecular weight is 449 g/mol. The number of thiazole rings is 1. The van der Waals surface area contributed by atoms with E-state index in [1.54, 1.807) is 17.4 Å². The normalized spacial score (nSPS) is 23.0. The van der Waals surface area contributed by atoms with Crippen LogP contribution in [0.25, 0.3) is 20.8 Å². The summed E-state index contributed by atoms with van der Waals surface area (Å²) in [6.45, 7) is 1.68. The molecule has 4 amide bonds. The molecule has 7 nitrogen and oxygen atoms in total. The number of benzene rings is 2. The lowest BCUT2D eigenvalue weighted by molar-refractivity contribution is -0.136. The molecule has 8 heteroatoms. The summed E-state index contributed by atoms with van der Waals surface area (Å²) in [6, 6.07) is 14.8. The molecule has 2 unspecified atom stereocenters. The highest BCUT2D eigenvalue weighted by atomic mass is 32.1. The summed E-state index contributed by atoms with van der Waals surface area (Å²) >= 11 is 1.55. The van der Waals surface area contributed by atoms with Gasteiger partial charge >= 0.3 is 6.03 Å². The molecule has 2 atom stereocenters. The highest BCUT2D eigenvalue weighted by Gasteiger charge is 2.55. The molecule has 1 aliphatic heterocycles. The number of hydrogen-bond acceptors (Lipinski definition) is 5. The van der Waals surface area contributed by atoms with Crippen molar-refractivity contribution in [1.82, 2.24) is 15.2 Å². The lowest BCUT2D eigenvalue weighted by Gasteiger charge is -2.36. The highest BCUT2D eigenvalue weighted by Crippen LogP contribution is 2.38. The third-order valence-electron chi connectivity index (χ3n) is 6.53. The van der Waals surface area contributed by atoms with Gasteiger partial charge in [0.05, 0.1) is 15.9 Å². The van der Waals surface area contributed by atoms with Crippen molar-refractivity contribution in [1.29, 1.82) is 0 Å². The van der Waals surface area contributed by atoms with E-state index in [0.717, 1.165) is 45.0 Å². The summed E-state index contributed by atoms with van der Waals surface area (Å²) in [6.07, 6.45) is 3.46. The Morgan fingerprint density at radius 1 is 1.19 bits per heavy atom. The number of urea groups is 1. The highest BCUT2D eigenvalue weighted by molar-refractivity contribution is 7.21. The van der Waals surface area contributed by atoms with Crippen molar-refractivity contribution in [3.8, 4) is 10.6 Å². The van der Waals surface area contributed by atoms with E-state index in [4.69, 9.17) is 0 Å². The number of carbonyl (C=O) groups is 3. The SMILES string of the molecule is CC1CCCCC12NC(=O)N(CC(=O)Nc1ccccc1-c1nc3ccccc3s1)C2=O. The fourth-order valence-electron chi connectivity index (χ4n) is 4.74. The largest absolute Gasteiger partial charge is 0.325 e. The van der Waals surface area contributed by atoms with E-state index in [0.29, 0.717) is 12.1 Å². The topological polar surface area (TPSA) is 91.4 Å². The number of imide groups is 1. The number of aromatic nitrogens is 1. The molecule has 164 valence electrons. The number of fused-ring (bicyclic) bond motifs is 1. The molecule has 1 saturated heterocycles. The van der Waals surface area contributed by atoms with Gasteiger partial charge in [0, 0.05) is 5.56 Å². The molecule has 2 heterocycles. The number of anilines is 1. The Labute approximate surface area is 189 Å². The van der Waals surface area contributed by atoms with E-state index >= 15 is 0 Å². The maximum Gasteiger partial charge on any atom is 0.325 e. The minimum atomic E-state index is -0.867. The zero-order valence-corrected chi connectivity index (χ0v) is 18.6. The monoisotopic (exact) mass is 448 g/mol. The van der Waals surface area contributed by atoms with Crippen molar-refractivity contribution in [2.24, 2.45) is 5.92 Å². The van der Waals surface area contributed by atoms with Crippen molar-refractivity contribution in [3.63, 3.8) is 0 Å². The van der Waals surface area contributed by atoms with Gasteiger partial charge in [-0.2, -0.15) is 0 Å². The first-order valence-electron chi connectivity index (χ1n) is 10.9. The zero-order valence-electron chi connectivity index (χ0n) is 17.8. The van der Waals surface area contributed by atoms with Gasteiger partial charge in [-0.3, -0.25) is 14.5 Å². The predicted octanol–water partition coefficient (Wildman–Crippen LogP) is 4.40. The minimum absolute atomic E-state index is 0.0560. The Morgan fingerprint density at radius 3 is 2.78 bits per heavy atom. The van der Waals surface area contributed by atoms with Crippen LogP contribution in [0.15, 0.2) is 48.5 Å². The van der Waals surface area contributed by atoms with Crippen molar-refractivity contribution in [2.45, 2.75) is 38.1 Å². The lowest BCUT2D eigenvalue weighted by Crippen LogP contribution is -2.54.